The van der Waals surface area contributed by atoms with Gasteiger partial charge in [-0.15, -0.1) is 0 Å². The molecular weight excluding hydrogens is 226 g/mol. The molecule has 0 spiro atoms. The largest absolute Gasteiger partial charge is 0.379 e. The molecule has 110 valence electrons. The molecule has 0 aliphatic rings. The van der Waals surface area contributed by atoms with Crippen LogP contribution in [-0.4, -0.2) is 38.5 Å². The van der Waals surface area contributed by atoms with Gasteiger partial charge in [-0.25, -0.2) is 0 Å². The van der Waals surface area contributed by atoms with Crippen LogP contribution >= 0.6 is 0 Å². The monoisotopic (exact) mass is 259 g/mol. The van der Waals surface area contributed by atoms with Crippen LogP contribution in [0.3, 0.4) is 0 Å². The van der Waals surface area contributed by atoms with Gasteiger partial charge >= 0.3 is 0 Å². The van der Waals surface area contributed by atoms with Crippen LogP contribution in [0.2, 0.25) is 0 Å². The molecule has 3 nitrogen and oxygen atoms in total. The van der Waals surface area contributed by atoms with Crippen LogP contribution in [0.5, 0.6) is 0 Å². The number of hydrogen-bond acceptors (Lipinski definition) is 3. The van der Waals surface area contributed by atoms with Gasteiger partial charge < -0.3 is 14.8 Å². The van der Waals surface area contributed by atoms with Crippen molar-refractivity contribution >= 4 is 0 Å². The van der Waals surface area contributed by atoms with Gasteiger partial charge in [0.2, 0.25) is 0 Å². The van der Waals surface area contributed by atoms with Crippen molar-refractivity contribution in [1.82, 2.24) is 5.32 Å². The summed E-state index contributed by atoms with van der Waals surface area (Å²) < 4.78 is 11.4. The number of methoxy groups -OCH3 is 1. The Balaban J connectivity index is 4.16. The maximum atomic E-state index is 5.88. The summed E-state index contributed by atoms with van der Waals surface area (Å²) >= 11 is 0. The van der Waals surface area contributed by atoms with E-state index in [-0.39, 0.29) is 11.6 Å². The van der Waals surface area contributed by atoms with E-state index in [0.717, 1.165) is 26.2 Å². The SMILES string of the molecule is CCCNC(COCC(CC)CC)C(C)(C)OC. The Bertz CT molecular complexity index is 191. The smallest absolute Gasteiger partial charge is 0.0797 e. The molecule has 0 aromatic rings. The molecule has 0 rings (SSSR count). The maximum absolute atomic E-state index is 5.88. The number of nitrogens with one attached hydrogen (secondary N) is 1. The van der Waals surface area contributed by atoms with E-state index in [4.69, 9.17) is 9.47 Å². The highest BCUT2D eigenvalue weighted by molar-refractivity contribution is 4.85. The molecule has 3 heteroatoms. The van der Waals surface area contributed by atoms with Crippen LogP contribution < -0.4 is 5.32 Å². The predicted molar refractivity (Wildman–Crippen MR) is 78.1 cm³/mol. The molecule has 0 amide bonds. The van der Waals surface area contributed by atoms with Crippen molar-refractivity contribution in [1.29, 1.82) is 0 Å². The lowest BCUT2D eigenvalue weighted by molar-refractivity contribution is -0.0428. The van der Waals surface area contributed by atoms with Gasteiger partial charge in [0.25, 0.3) is 0 Å². The van der Waals surface area contributed by atoms with E-state index in [2.05, 4.69) is 39.9 Å². The van der Waals surface area contributed by atoms with E-state index in [0.29, 0.717) is 5.92 Å². The van der Waals surface area contributed by atoms with Crippen LogP contribution in [0.25, 0.3) is 0 Å². The molecule has 0 aliphatic carbocycles. The molecule has 1 unspecified atom stereocenters. The summed E-state index contributed by atoms with van der Waals surface area (Å²) in [5.74, 6) is 0.683. The number of rotatable bonds is 11. The van der Waals surface area contributed by atoms with Gasteiger partial charge in [-0.3, -0.25) is 0 Å². The molecule has 0 aromatic carbocycles. The lowest BCUT2D eigenvalue weighted by Crippen LogP contribution is -2.51. The quantitative estimate of drug-likeness (QED) is 0.618. The summed E-state index contributed by atoms with van der Waals surface area (Å²) in [5.41, 5.74) is -0.191. The first-order valence-corrected chi connectivity index (χ1v) is 7.37. The van der Waals surface area contributed by atoms with Crippen LogP contribution in [-0.2, 0) is 9.47 Å². The van der Waals surface area contributed by atoms with Crippen LogP contribution in [0.15, 0.2) is 0 Å². The Morgan fingerprint density at radius 3 is 2.11 bits per heavy atom. The van der Waals surface area contributed by atoms with Crippen molar-refractivity contribution in [2.24, 2.45) is 5.92 Å². The van der Waals surface area contributed by atoms with Crippen molar-refractivity contribution in [3.8, 4) is 0 Å². The van der Waals surface area contributed by atoms with Crippen molar-refractivity contribution in [2.75, 3.05) is 26.9 Å². The molecule has 0 radical (unpaired) electrons. The fraction of sp³-hybridized carbons (Fsp3) is 1.00. The summed E-state index contributed by atoms with van der Waals surface area (Å²) in [4.78, 5) is 0. The minimum atomic E-state index is -0.191. The third-order valence-corrected chi connectivity index (χ3v) is 3.80. The molecule has 0 aromatic heterocycles. The maximum Gasteiger partial charge on any atom is 0.0797 e. The van der Waals surface area contributed by atoms with Gasteiger partial charge in [-0.2, -0.15) is 0 Å². The Morgan fingerprint density at radius 2 is 1.67 bits per heavy atom. The first-order chi connectivity index (χ1) is 8.51. The van der Waals surface area contributed by atoms with Crippen molar-refractivity contribution in [3.05, 3.63) is 0 Å². The normalized spacial score (nSPS) is 14.2. The lowest BCUT2D eigenvalue weighted by atomic mass is 9.99. The third-order valence-electron chi connectivity index (χ3n) is 3.80. The predicted octanol–water partition coefficient (Wildman–Crippen LogP) is 3.23. The standard InChI is InChI=1S/C15H33NO2/c1-7-10-16-14(15(4,5)17-6)12-18-11-13(8-2)9-3/h13-14,16H,7-12H2,1-6H3. The highest BCUT2D eigenvalue weighted by Gasteiger charge is 2.29. The zero-order valence-electron chi connectivity index (χ0n) is 13.2. The average molecular weight is 259 g/mol. The average Bonchev–Trinajstić information content (AvgIpc) is 2.38. The van der Waals surface area contributed by atoms with Crippen LogP contribution in [0, 0.1) is 5.92 Å². The van der Waals surface area contributed by atoms with E-state index < -0.39 is 0 Å². The van der Waals surface area contributed by atoms with Crippen molar-refractivity contribution < 1.29 is 9.47 Å². The van der Waals surface area contributed by atoms with Crippen LogP contribution in [0.1, 0.15) is 53.9 Å². The zero-order chi connectivity index (χ0) is 14.0. The molecule has 0 fully saturated rings. The summed E-state index contributed by atoms with van der Waals surface area (Å²) in [6, 6.07) is 0.247. The van der Waals surface area contributed by atoms with E-state index in [1.54, 1.807) is 7.11 Å². The Morgan fingerprint density at radius 1 is 1.06 bits per heavy atom. The molecule has 0 heterocycles. The van der Waals surface area contributed by atoms with E-state index in [1.165, 1.54) is 12.8 Å². The molecule has 0 saturated heterocycles. The Labute approximate surface area is 114 Å². The zero-order valence-corrected chi connectivity index (χ0v) is 13.2. The first-order valence-electron chi connectivity index (χ1n) is 7.37. The van der Waals surface area contributed by atoms with Gasteiger partial charge in [0.05, 0.1) is 18.2 Å². The lowest BCUT2D eigenvalue weighted by Gasteiger charge is -2.34. The highest BCUT2D eigenvalue weighted by atomic mass is 16.5. The van der Waals surface area contributed by atoms with Gasteiger partial charge in [0.15, 0.2) is 0 Å². The second kappa shape index (κ2) is 9.76. The van der Waals surface area contributed by atoms with Crippen molar-refractivity contribution in [3.63, 3.8) is 0 Å². The topological polar surface area (TPSA) is 30.5 Å². The van der Waals surface area contributed by atoms with Crippen molar-refractivity contribution in [2.45, 2.75) is 65.5 Å². The molecule has 1 N–H and O–H groups in total. The minimum absolute atomic E-state index is 0.191. The number of hydrogen-bond donors (Lipinski definition) is 1. The minimum Gasteiger partial charge on any atom is -0.379 e. The fourth-order valence-corrected chi connectivity index (χ4v) is 1.84. The molecular formula is C15H33NO2. The summed E-state index contributed by atoms with van der Waals surface area (Å²) in [6.45, 7) is 13.4. The second-order valence-electron chi connectivity index (χ2n) is 5.53. The molecule has 0 aliphatic heterocycles. The Hall–Kier alpha value is -0.120. The van der Waals surface area contributed by atoms with E-state index in [9.17, 15) is 0 Å². The van der Waals surface area contributed by atoms with Gasteiger partial charge in [0.1, 0.15) is 0 Å². The van der Waals surface area contributed by atoms with Gasteiger partial charge in [-0.1, -0.05) is 33.6 Å². The molecule has 0 bridgehead atoms. The highest BCUT2D eigenvalue weighted by Crippen LogP contribution is 2.15. The summed E-state index contributed by atoms with van der Waals surface area (Å²) in [5, 5.41) is 3.52. The number of ether oxygens (including phenoxy) is 2. The molecule has 18 heavy (non-hydrogen) atoms. The summed E-state index contributed by atoms with van der Waals surface area (Å²) in [6.07, 6.45) is 3.51. The van der Waals surface area contributed by atoms with E-state index in [1.807, 2.05) is 0 Å². The second-order valence-corrected chi connectivity index (χ2v) is 5.53. The molecule has 1 atom stereocenters. The Kier molecular flexibility index (Phi) is 9.70. The fourth-order valence-electron chi connectivity index (χ4n) is 1.84. The van der Waals surface area contributed by atoms with Gasteiger partial charge in [0, 0.05) is 13.7 Å². The summed E-state index contributed by atoms with van der Waals surface area (Å²) in [7, 11) is 1.77. The molecule has 0 saturated carbocycles. The van der Waals surface area contributed by atoms with Gasteiger partial charge in [-0.05, 0) is 32.7 Å². The third kappa shape index (κ3) is 6.72. The van der Waals surface area contributed by atoms with E-state index >= 15 is 0 Å². The van der Waals surface area contributed by atoms with Crippen LogP contribution in [0.4, 0.5) is 0 Å². The first kappa shape index (κ1) is 17.9.